The summed E-state index contributed by atoms with van der Waals surface area (Å²) in [6, 6.07) is 78.1. The van der Waals surface area contributed by atoms with Gasteiger partial charge in [-0.15, -0.1) is 0 Å². The van der Waals surface area contributed by atoms with E-state index in [0.29, 0.717) is 11.4 Å². The number of hydrogen-bond acceptors (Lipinski definition) is 1. The van der Waals surface area contributed by atoms with E-state index in [1.54, 1.807) is 12.1 Å². The SMILES string of the molecule is N#Cc1cc(-n2c3cc(-c4ccccc4)ccc3c3ccc(-c4ccccc4)cc32)c(-n2c3cc(-c4ccccc4)ccc3c3ccc(-c4ccccc4)cc32)cc1-c1ccccc1C(F)(F)F. The van der Waals surface area contributed by atoms with Gasteiger partial charge in [-0.05, 0) is 92.5 Å². The first kappa shape index (κ1) is 40.6. The lowest BCUT2D eigenvalue weighted by molar-refractivity contribution is -0.137. The highest BCUT2D eigenvalue weighted by atomic mass is 19.4. The van der Waals surface area contributed by atoms with Gasteiger partial charge in [-0.3, -0.25) is 0 Å². The van der Waals surface area contributed by atoms with Gasteiger partial charge in [0.2, 0.25) is 0 Å². The smallest absolute Gasteiger partial charge is 0.307 e. The first-order chi connectivity index (χ1) is 33.3. The Balaban J connectivity index is 1.27. The molecule has 0 fully saturated rings. The standard InChI is InChI=1S/C62H38F3N3/c63-62(64,65)55-24-14-13-23-49(55)54-38-61(68-58-35-46(42-19-9-3-10-20-42)27-31-52(58)53-32-28-47(36-59(53)68)43-21-11-4-12-22-43)60(37-48(54)39-66)67-56-33-44(40-15-5-1-6-16-40)25-29-50(56)51-30-26-45(34-57(51)67)41-17-7-2-8-18-41/h1-38H. The normalized spacial score (nSPS) is 11.7. The number of hydrogen-bond donors (Lipinski definition) is 0. The van der Waals surface area contributed by atoms with E-state index in [1.807, 2.05) is 78.9 Å². The highest BCUT2D eigenvalue weighted by Crippen LogP contribution is 2.45. The second-order valence-electron chi connectivity index (χ2n) is 17.1. The molecule has 12 aromatic rings. The minimum absolute atomic E-state index is 0.0694. The van der Waals surface area contributed by atoms with Crippen LogP contribution in [0.3, 0.4) is 0 Å². The summed E-state index contributed by atoms with van der Waals surface area (Å²) in [6.07, 6.45) is -4.68. The molecule has 0 aliphatic carbocycles. The number of benzene rings is 10. The Morgan fingerprint density at radius 2 is 0.647 bits per heavy atom. The van der Waals surface area contributed by atoms with E-state index in [9.17, 15) is 5.26 Å². The second-order valence-corrected chi connectivity index (χ2v) is 17.1. The molecule has 0 radical (unpaired) electrons. The number of rotatable bonds is 7. The Bertz CT molecular complexity index is 3740. The van der Waals surface area contributed by atoms with E-state index in [1.165, 1.54) is 12.1 Å². The van der Waals surface area contributed by atoms with E-state index in [-0.39, 0.29) is 16.7 Å². The molecule has 0 aliphatic heterocycles. The Morgan fingerprint density at radius 3 is 0.985 bits per heavy atom. The van der Waals surface area contributed by atoms with Crippen LogP contribution in [-0.4, -0.2) is 9.13 Å². The number of nitrogens with zero attached hydrogens (tertiary/aromatic N) is 3. The minimum Gasteiger partial charge on any atom is -0.307 e. The molecule has 2 heterocycles. The van der Waals surface area contributed by atoms with Crippen LogP contribution < -0.4 is 0 Å². The third-order valence-corrected chi connectivity index (χ3v) is 13.2. The van der Waals surface area contributed by atoms with Gasteiger partial charge in [-0.1, -0.05) is 188 Å². The van der Waals surface area contributed by atoms with Gasteiger partial charge in [0.15, 0.2) is 0 Å². The molecule has 0 bridgehead atoms. The molecule has 0 spiro atoms. The summed E-state index contributed by atoms with van der Waals surface area (Å²) in [4.78, 5) is 0. The van der Waals surface area contributed by atoms with Crippen molar-refractivity contribution in [1.29, 1.82) is 5.26 Å². The summed E-state index contributed by atoms with van der Waals surface area (Å²) in [5.74, 6) is 0. The van der Waals surface area contributed by atoms with Crippen LogP contribution >= 0.6 is 0 Å². The van der Waals surface area contributed by atoms with Crippen LogP contribution in [0.4, 0.5) is 13.2 Å². The summed E-state index contributed by atoms with van der Waals surface area (Å²) in [6.45, 7) is 0. The van der Waals surface area contributed by atoms with Crippen LogP contribution in [0.2, 0.25) is 0 Å². The van der Waals surface area contributed by atoms with Gasteiger partial charge >= 0.3 is 6.18 Å². The lowest BCUT2D eigenvalue weighted by Gasteiger charge is -2.21. The first-order valence-electron chi connectivity index (χ1n) is 22.5. The lowest BCUT2D eigenvalue weighted by Crippen LogP contribution is -2.09. The van der Waals surface area contributed by atoms with Gasteiger partial charge in [0.05, 0.1) is 50.6 Å². The fourth-order valence-electron chi connectivity index (χ4n) is 10.0. The molecule has 6 heteroatoms. The van der Waals surface area contributed by atoms with Crippen LogP contribution in [-0.2, 0) is 6.18 Å². The van der Waals surface area contributed by atoms with Gasteiger partial charge < -0.3 is 9.13 Å². The molecule has 0 saturated heterocycles. The largest absolute Gasteiger partial charge is 0.417 e. The predicted molar refractivity (Wildman–Crippen MR) is 272 cm³/mol. The molecule has 0 amide bonds. The van der Waals surface area contributed by atoms with Crippen molar-refractivity contribution in [1.82, 2.24) is 9.13 Å². The summed E-state index contributed by atoms with van der Waals surface area (Å²) in [5.41, 5.74) is 12.3. The van der Waals surface area contributed by atoms with Gasteiger partial charge in [0.1, 0.15) is 0 Å². The zero-order valence-electron chi connectivity index (χ0n) is 36.4. The van der Waals surface area contributed by atoms with E-state index < -0.39 is 11.7 Å². The average molecular weight is 882 g/mol. The summed E-state index contributed by atoms with van der Waals surface area (Å²) in [5, 5.41) is 15.1. The monoisotopic (exact) mass is 881 g/mol. The predicted octanol–water partition coefficient (Wildman–Crippen LogP) is 17.1. The molecule has 0 aliphatic rings. The van der Waals surface area contributed by atoms with Crippen molar-refractivity contribution >= 4 is 43.6 Å². The first-order valence-corrected chi connectivity index (χ1v) is 22.5. The molecular weight excluding hydrogens is 844 g/mol. The maximum Gasteiger partial charge on any atom is 0.417 e. The van der Waals surface area contributed by atoms with Gasteiger partial charge in [0, 0.05) is 27.1 Å². The van der Waals surface area contributed by atoms with Crippen molar-refractivity contribution in [2.24, 2.45) is 0 Å². The van der Waals surface area contributed by atoms with Gasteiger partial charge in [-0.2, -0.15) is 18.4 Å². The fourth-order valence-corrected chi connectivity index (χ4v) is 10.0. The molecule has 0 N–H and O–H groups in total. The van der Waals surface area contributed by atoms with Crippen LogP contribution in [0.5, 0.6) is 0 Å². The van der Waals surface area contributed by atoms with E-state index in [2.05, 4.69) is 137 Å². The fraction of sp³-hybridized carbons (Fsp3) is 0.0161. The number of nitriles is 1. The molecule has 3 nitrogen and oxygen atoms in total. The van der Waals surface area contributed by atoms with E-state index >= 15 is 13.2 Å². The van der Waals surface area contributed by atoms with Crippen LogP contribution in [0.1, 0.15) is 11.1 Å². The molecule has 0 saturated carbocycles. The Hall–Kier alpha value is -8.92. The highest BCUT2D eigenvalue weighted by Gasteiger charge is 2.34. The zero-order chi connectivity index (χ0) is 45.9. The van der Waals surface area contributed by atoms with Crippen molar-refractivity contribution in [2.45, 2.75) is 6.18 Å². The van der Waals surface area contributed by atoms with Crippen molar-refractivity contribution < 1.29 is 13.2 Å². The summed E-state index contributed by atoms with van der Waals surface area (Å²) >= 11 is 0. The average Bonchev–Trinajstić information content (AvgIpc) is 3.90. The molecule has 322 valence electrons. The maximum absolute atomic E-state index is 15.1. The second kappa shape index (κ2) is 16.2. The Kier molecular flexibility index (Phi) is 9.67. The molecule has 2 aromatic heterocycles. The number of halogens is 3. The summed E-state index contributed by atoms with van der Waals surface area (Å²) in [7, 11) is 0. The molecule has 0 unspecified atom stereocenters. The quantitative estimate of drug-likeness (QED) is 0.157. The van der Waals surface area contributed by atoms with Crippen molar-refractivity contribution in [3.05, 3.63) is 242 Å². The van der Waals surface area contributed by atoms with Crippen LogP contribution in [0.25, 0.3) is 111 Å². The molecule has 10 aromatic carbocycles. The third kappa shape index (κ3) is 6.83. The Morgan fingerprint density at radius 1 is 0.324 bits per heavy atom. The topological polar surface area (TPSA) is 33.6 Å². The minimum atomic E-state index is -4.68. The van der Waals surface area contributed by atoms with E-state index in [4.69, 9.17) is 0 Å². The highest BCUT2D eigenvalue weighted by molar-refractivity contribution is 6.14. The third-order valence-electron chi connectivity index (χ3n) is 13.2. The lowest BCUT2D eigenvalue weighted by atomic mass is 9.94. The maximum atomic E-state index is 15.1. The number of aromatic nitrogens is 2. The zero-order valence-corrected chi connectivity index (χ0v) is 36.4. The molecule has 68 heavy (non-hydrogen) atoms. The molecule has 0 atom stereocenters. The van der Waals surface area contributed by atoms with Crippen molar-refractivity contribution in [2.75, 3.05) is 0 Å². The number of alkyl halides is 3. The summed E-state index contributed by atoms with van der Waals surface area (Å²) < 4.78 is 49.7. The van der Waals surface area contributed by atoms with Gasteiger partial charge in [-0.25, -0.2) is 0 Å². The Labute approximate surface area is 390 Å². The van der Waals surface area contributed by atoms with Crippen LogP contribution in [0.15, 0.2) is 231 Å². The van der Waals surface area contributed by atoms with E-state index in [0.717, 1.165) is 94.2 Å². The molecule has 12 rings (SSSR count). The van der Waals surface area contributed by atoms with Crippen LogP contribution in [0, 0.1) is 11.3 Å². The number of fused-ring (bicyclic) bond motifs is 6. The van der Waals surface area contributed by atoms with Crippen molar-refractivity contribution in [3.8, 4) is 73.1 Å². The van der Waals surface area contributed by atoms with Gasteiger partial charge in [0.25, 0.3) is 0 Å². The van der Waals surface area contributed by atoms with Crippen molar-refractivity contribution in [3.63, 3.8) is 0 Å². The molecular formula is C62H38F3N3.